The van der Waals surface area contributed by atoms with Crippen molar-refractivity contribution in [3.63, 3.8) is 0 Å². The van der Waals surface area contributed by atoms with Crippen molar-refractivity contribution in [2.45, 2.75) is 13.1 Å². The molecule has 0 fully saturated rings. The maximum Gasteiger partial charge on any atom is 0.224 e. The van der Waals surface area contributed by atoms with Crippen LogP contribution < -0.4 is 0 Å². The van der Waals surface area contributed by atoms with Gasteiger partial charge < -0.3 is 0 Å². The molecule has 9 heteroatoms. The van der Waals surface area contributed by atoms with Crippen LogP contribution in [-0.2, 0) is 13.1 Å². The summed E-state index contributed by atoms with van der Waals surface area (Å²) in [6, 6.07) is 0. The van der Waals surface area contributed by atoms with Crippen LogP contribution in [0.25, 0.3) is 11.5 Å². The van der Waals surface area contributed by atoms with Gasteiger partial charge in [-0.05, 0) is 5.21 Å². The molecule has 0 aliphatic rings. The smallest absolute Gasteiger partial charge is 0.224 e. The first-order valence-electron chi connectivity index (χ1n) is 5.59. The number of hydrogen-bond donors (Lipinski definition) is 0. The molecule has 0 aliphatic heterocycles. The summed E-state index contributed by atoms with van der Waals surface area (Å²) in [5.41, 5.74) is 3.33. The van der Waals surface area contributed by atoms with Crippen LogP contribution in [0.2, 0.25) is 0 Å². The molecule has 0 saturated carbocycles. The second kappa shape index (κ2) is 5.22. The van der Waals surface area contributed by atoms with E-state index in [1.54, 1.807) is 22.6 Å². The summed E-state index contributed by atoms with van der Waals surface area (Å²) in [5, 5.41) is 18.0. The highest BCUT2D eigenvalue weighted by molar-refractivity contribution is 7.07. The average Bonchev–Trinajstić information content (AvgIpc) is 3.10. The van der Waals surface area contributed by atoms with E-state index >= 15 is 0 Å². The number of nitrogens with zero attached hydrogens (tertiary/aromatic N) is 7. The lowest BCUT2D eigenvalue weighted by molar-refractivity contribution is 0.427. The molecule has 0 atom stereocenters. The van der Waals surface area contributed by atoms with Crippen LogP contribution in [0, 0.1) is 0 Å². The highest BCUT2D eigenvalue weighted by Crippen LogP contribution is 2.12. The van der Waals surface area contributed by atoms with Crippen LogP contribution in [0.5, 0.6) is 0 Å². The molecule has 7 nitrogen and oxygen atoms in total. The van der Waals surface area contributed by atoms with Crippen LogP contribution in [0.3, 0.4) is 0 Å². The standard InChI is InChI=1S/C10H10FN7S/c11-1-2-17-4-8(3-13-17)5-18-15-10(14-16-18)9-6-19-7-12-9/h3-4,6-7H,1-2,5H2. The van der Waals surface area contributed by atoms with E-state index in [1.807, 2.05) is 5.38 Å². The maximum atomic E-state index is 12.2. The molecule has 0 saturated heterocycles. The van der Waals surface area contributed by atoms with Gasteiger partial charge in [-0.2, -0.15) is 9.90 Å². The Bertz CT molecular complexity index is 644. The first-order valence-corrected chi connectivity index (χ1v) is 6.53. The van der Waals surface area contributed by atoms with Gasteiger partial charge in [0.2, 0.25) is 5.82 Å². The van der Waals surface area contributed by atoms with Crippen molar-refractivity contribution in [1.29, 1.82) is 0 Å². The Morgan fingerprint density at radius 2 is 2.32 bits per heavy atom. The Morgan fingerprint density at radius 3 is 3.11 bits per heavy atom. The third kappa shape index (κ3) is 2.65. The molecule has 0 aliphatic carbocycles. The van der Waals surface area contributed by atoms with E-state index in [9.17, 15) is 4.39 Å². The van der Waals surface area contributed by atoms with Gasteiger partial charge in [0.25, 0.3) is 0 Å². The molecular formula is C10H10FN7S. The molecule has 0 N–H and O–H groups in total. The van der Waals surface area contributed by atoms with Gasteiger partial charge >= 0.3 is 0 Å². The zero-order valence-corrected chi connectivity index (χ0v) is 10.7. The van der Waals surface area contributed by atoms with E-state index in [4.69, 9.17) is 0 Å². The van der Waals surface area contributed by atoms with Crippen LogP contribution in [-0.4, -0.2) is 41.6 Å². The largest absolute Gasteiger partial charge is 0.270 e. The van der Waals surface area contributed by atoms with Crippen LogP contribution in [0.15, 0.2) is 23.3 Å². The van der Waals surface area contributed by atoms with Gasteiger partial charge in [0, 0.05) is 17.1 Å². The number of tetrazole rings is 1. The Morgan fingerprint density at radius 1 is 1.37 bits per heavy atom. The molecule has 0 radical (unpaired) electrons. The third-order valence-corrected chi connectivity index (χ3v) is 3.03. The summed E-state index contributed by atoms with van der Waals surface area (Å²) in [5.74, 6) is 0.498. The first-order chi connectivity index (χ1) is 9.35. The van der Waals surface area contributed by atoms with E-state index in [0.717, 1.165) is 5.56 Å². The summed E-state index contributed by atoms with van der Waals surface area (Å²) in [7, 11) is 0. The number of hydrogen-bond acceptors (Lipinski definition) is 6. The summed E-state index contributed by atoms with van der Waals surface area (Å²) >= 11 is 1.48. The minimum atomic E-state index is -0.434. The molecule has 3 aromatic heterocycles. The second-order valence-corrected chi connectivity index (χ2v) is 4.54. The predicted octanol–water partition coefficient (Wildman–Crippen LogP) is 1.01. The molecule has 3 aromatic rings. The van der Waals surface area contributed by atoms with E-state index in [1.165, 1.54) is 16.1 Å². The van der Waals surface area contributed by atoms with E-state index in [-0.39, 0.29) is 6.54 Å². The molecule has 0 aromatic carbocycles. The fraction of sp³-hybridized carbons (Fsp3) is 0.300. The number of aryl methyl sites for hydroxylation is 1. The lowest BCUT2D eigenvalue weighted by Gasteiger charge is -1.95. The van der Waals surface area contributed by atoms with Crippen molar-refractivity contribution in [2.75, 3.05) is 6.67 Å². The van der Waals surface area contributed by atoms with Crippen molar-refractivity contribution < 1.29 is 4.39 Å². The monoisotopic (exact) mass is 279 g/mol. The Hall–Kier alpha value is -2.16. The normalized spacial score (nSPS) is 11.0. The fourth-order valence-corrected chi connectivity index (χ4v) is 2.13. The van der Waals surface area contributed by atoms with Crippen molar-refractivity contribution >= 4 is 11.3 Å². The summed E-state index contributed by atoms with van der Waals surface area (Å²) in [6.07, 6.45) is 3.44. The highest BCUT2D eigenvalue weighted by Gasteiger charge is 2.08. The van der Waals surface area contributed by atoms with Gasteiger partial charge in [0.1, 0.15) is 12.4 Å². The summed E-state index contributed by atoms with van der Waals surface area (Å²) < 4.78 is 13.7. The number of halogens is 1. The van der Waals surface area contributed by atoms with Crippen molar-refractivity contribution in [3.05, 3.63) is 28.8 Å². The van der Waals surface area contributed by atoms with Gasteiger partial charge in [-0.15, -0.1) is 21.5 Å². The summed E-state index contributed by atoms with van der Waals surface area (Å²) in [6.45, 7) is 0.273. The topological polar surface area (TPSA) is 74.3 Å². The third-order valence-electron chi connectivity index (χ3n) is 2.44. The van der Waals surface area contributed by atoms with E-state index in [2.05, 4.69) is 25.5 Å². The second-order valence-electron chi connectivity index (χ2n) is 3.82. The van der Waals surface area contributed by atoms with Crippen molar-refractivity contribution in [2.24, 2.45) is 0 Å². The molecule has 19 heavy (non-hydrogen) atoms. The molecule has 0 amide bonds. The van der Waals surface area contributed by atoms with E-state index < -0.39 is 6.67 Å². The maximum absolute atomic E-state index is 12.2. The molecule has 0 bridgehead atoms. The molecule has 3 rings (SSSR count). The van der Waals surface area contributed by atoms with Gasteiger partial charge in [0.05, 0.1) is 24.8 Å². The minimum absolute atomic E-state index is 0.259. The highest BCUT2D eigenvalue weighted by atomic mass is 32.1. The number of alkyl halides is 1. The fourth-order valence-electron chi connectivity index (χ4n) is 1.60. The molecule has 98 valence electrons. The van der Waals surface area contributed by atoms with Gasteiger partial charge in [-0.1, -0.05) is 0 Å². The lowest BCUT2D eigenvalue weighted by atomic mass is 10.4. The molecule has 3 heterocycles. The van der Waals surface area contributed by atoms with Crippen LogP contribution in [0.4, 0.5) is 4.39 Å². The Kier molecular flexibility index (Phi) is 3.27. The van der Waals surface area contributed by atoms with Crippen LogP contribution >= 0.6 is 11.3 Å². The summed E-state index contributed by atoms with van der Waals surface area (Å²) in [4.78, 5) is 5.58. The Labute approximate surface area is 111 Å². The number of aromatic nitrogens is 7. The van der Waals surface area contributed by atoms with Gasteiger partial charge in [0.15, 0.2) is 0 Å². The van der Waals surface area contributed by atoms with Crippen LogP contribution in [0.1, 0.15) is 5.56 Å². The lowest BCUT2D eigenvalue weighted by Crippen LogP contribution is -2.03. The number of thiazole rings is 1. The number of rotatable bonds is 5. The zero-order chi connectivity index (χ0) is 13.1. The van der Waals surface area contributed by atoms with Gasteiger partial charge in [-0.3, -0.25) is 4.68 Å². The quantitative estimate of drug-likeness (QED) is 0.697. The van der Waals surface area contributed by atoms with E-state index in [0.29, 0.717) is 18.1 Å². The molecular weight excluding hydrogens is 269 g/mol. The first kappa shape index (κ1) is 11.9. The van der Waals surface area contributed by atoms with Crippen molar-refractivity contribution in [1.82, 2.24) is 35.0 Å². The van der Waals surface area contributed by atoms with Gasteiger partial charge in [-0.25, -0.2) is 9.37 Å². The molecule has 0 unspecified atom stereocenters. The molecule has 0 spiro atoms. The average molecular weight is 279 g/mol. The van der Waals surface area contributed by atoms with Crippen molar-refractivity contribution in [3.8, 4) is 11.5 Å². The SMILES string of the molecule is FCCn1cc(Cn2nnc(-c3cscn3)n2)cn1. The predicted molar refractivity (Wildman–Crippen MR) is 66.2 cm³/mol. The minimum Gasteiger partial charge on any atom is -0.270 e. The Balaban J connectivity index is 1.72. The zero-order valence-electron chi connectivity index (χ0n) is 9.85.